The van der Waals surface area contributed by atoms with Crippen LogP contribution in [-0.4, -0.2) is 36.5 Å². The van der Waals surface area contributed by atoms with E-state index < -0.39 is 85.6 Å². The third kappa shape index (κ3) is 7.13. The third-order valence-corrected chi connectivity index (χ3v) is 5.88. The summed E-state index contributed by atoms with van der Waals surface area (Å²) in [6.07, 6.45) is -13.4. The smallest absolute Gasteiger partial charge is 0.370 e. The molecule has 0 radical (unpaired) electrons. The van der Waals surface area contributed by atoms with E-state index in [4.69, 9.17) is 5.73 Å². The van der Waals surface area contributed by atoms with E-state index in [1.54, 1.807) is 0 Å². The molecule has 1 heterocycles. The van der Waals surface area contributed by atoms with Crippen LogP contribution in [0.15, 0.2) is 42.5 Å². The van der Waals surface area contributed by atoms with Gasteiger partial charge in [0.2, 0.25) is 17.7 Å². The van der Waals surface area contributed by atoms with E-state index in [0.717, 1.165) is 18.2 Å². The topological polar surface area (TPSA) is 105 Å². The lowest BCUT2D eigenvalue weighted by atomic mass is 9.97. The summed E-state index contributed by atoms with van der Waals surface area (Å²) >= 11 is 0. The quantitative estimate of drug-likeness (QED) is 0.385. The number of nitrogens with zero attached hydrogens (tertiary/aromatic N) is 1. The highest BCUT2D eigenvalue weighted by Crippen LogP contribution is 2.41. The first kappa shape index (κ1) is 28.7. The number of carbonyl (C=O) groups excluding carboxylic acids is 3. The number of nitrogens with one attached hydrogen (secondary N) is 2. The first-order valence-corrected chi connectivity index (χ1v) is 11.3. The molecule has 2 atom stereocenters. The Balaban J connectivity index is 2.00. The summed E-state index contributed by atoms with van der Waals surface area (Å²) < 4.78 is 92.5. The molecule has 0 bridgehead atoms. The Labute approximate surface area is 212 Å². The maximum atomic E-state index is 13.8. The van der Waals surface area contributed by atoms with Crippen molar-refractivity contribution in [2.24, 2.45) is 11.7 Å². The highest BCUT2D eigenvalue weighted by molar-refractivity contribution is 6.03. The summed E-state index contributed by atoms with van der Waals surface area (Å²) in [5.41, 5.74) is 3.88. The molecule has 14 heteroatoms. The van der Waals surface area contributed by atoms with E-state index in [-0.39, 0.29) is 17.1 Å². The van der Waals surface area contributed by atoms with E-state index in [1.807, 2.05) is 0 Å². The van der Waals surface area contributed by atoms with E-state index in [1.165, 1.54) is 29.2 Å². The fourth-order valence-electron chi connectivity index (χ4n) is 4.05. The standard InChI is InChI=1S/C24H23F7N4O3/c25-20(26)12-3-1-4-14(9-12)35-11-16(23(38)34-19-15(21(27)28)5-2-6-17(19)35)33-22(37)13(10-18(32)36)7-8-24(29,30)31/h1-6,9,13,16,20-21H,7-8,10-11H2,(H2,32,36)(H,33,37)(H,34,38). The van der Waals surface area contributed by atoms with Crippen molar-refractivity contribution in [2.75, 3.05) is 16.8 Å². The molecule has 1 aliphatic rings. The van der Waals surface area contributed by atoms with Gasteiger partial charge >= 0.3 is 6.18 Å². The molecular weight excluding hydrogens is 525 g/mol. The molecule has 1 aliphatic heterocycles. The largest absolute Gasteiger partial charge is 0.389 e. The Morgan fingerprint density at radius 1 is 1.08 bits per heavy atom. The van der Waals surface area contributed by atoms with Crippen LogP contribution in [0.4, 0.5) is 47.8 Å². The second-order valence-electron chi connectivity index (χ2n) is 8.62. The fourth-order valence-corrected chi connectivity index (χ4v) is 4.05. The minimum atomic E-state index is -4.63. The first-order valence-electron chi connectivity index (χ1n) is 11.3. The van der Waals surface area contributed by atoms with Crippen LogP contribution in [0.2, 0.25) is 0 Å². The van der Waals surface area contributed by atoms with Crippen LogP contribution in [0.3, 0.4) is 0 Å². The molecule has 38 heavy (non-hydrogen) atoms. The van der Waals surface area contributed by atoms with Gasteiger partial charge in [0.25, 0.3) is 12.9 Å². The molecule has 0 aromatic heterocycles. The maximum absolute atomic E-state index is 13.8. The Hall–Kier alpha value is -3.84. The average molecular weight is 548 g/mol. The van der Waals surface area contributed by atoms with Crippen molar-refractivity contribution in [1.29, 1.82) is 0 Å². The van der Waals surface area contributed by atoms with Gasteiger partial charge in [0.15, 0.2) is 0 Å². The second kappa shape index (κ2) is 11.7. The minimum absolute atomic E-state index is 0.0186. The number of hydrogen-bond donors (Lipinski definition) is 3. The summed E-state index contributed by atoms with van der Waals surface area (Å²) in [7, 11) is 0. The van der Waals surface area contributed by atoms with Crippen molar-refractivity contribution in [3.63, 3.8) is 0 Å². The highest BCUT2D eigenvalue weighted by Gasteiger charge is 2.36. The van der Waals surface area contributed by atoms with Gasteiger partial charge in [-0.1, -0.05) is 24.3 Å². The molecule has 3 rings (SSSR count). The van der Waals surface area contributed by atoms with Gasteiger partial charge in [0.1, 0.15) is 6.04 Å². The Kier molecular flexibility index (Phi) is 8.84. The van der Waals surface area contributed by atoms with Gasteiger partial charge in [-0.05, 0) is 24.6 Å². The number of anilines is 3. The lowest BCUT2D eigenvalue weighted by Gasteiger charge is -2.28. The predicted octanol–water partition coefficient (Wildman–Crippen LogP) is 4.97. The molecule has 7 nitrogen and oxygen atoms in total. The summed E-state index contributed by atoms with van der Waals surface area (Å²) in [6, 6.07) is 7.06. The molecule has 0 fully saturated rings. The van der Waals surface area contributed by atoms with Crippen molar-refractivity contribution in [3.05, 3.63) is 53.6 Å². The zero-order valence-electron chi connectivity index (χ0n) is 19.6. The zero-order valence-corrected chi connectivity index (χ0v) is 19.6. The average Bonchev–Trinajstić information content (AvgIpc) is 2.97. The summed E-state index contributed by atoms with van der Waals surface area (Å²) in [5, 5.41) is 4.57. The number of alkyl halides is 7. The molecule has 0 aliphatic carbocycles. The fraction of sp³-hybridized carbons (Fsp3) is 0.375. The molecule has 3 amide bonds. The molecule has 2 unspecified atom stereocenters. The van der Waals surface area contributed by atoms with E-state index in [9.17, 15) is 45.1 Å². The maximum Gasteiger partial charge on any atom is 0.389 e. The lowest BCUT2D eigenvalue weighted by molar-refractivity contribution is -0.143. The number of halogens is 7. The van der Waals surface area contributed by atoms with Crippen LogP contribution in [0, 0.1) is 5.92 Å². The zero-order chi connectivity index (χ0) is 28.2. The van der Waals surface area contributed by atoms with Gasteiger partial charge in [0.05, 0.1) is 17.9 Å². The first-order chi connectivity index (χ1) is 17.8. The third-order valence-electron chi connectivity index (χ3n) is 5.88. The molecule has 0 saturated carbocycles. The molecule has 206 valence electrons. The van der Waals surface area contributed by atoms with Crippen molar-refractivity contribution < 1.29 is 45.1 Å². The van der Waals surface area contributed by atoms with E-state index in [0.29, 0.717) is 0 Å². The Morgan fingerprint density at radius 3 is 2.37 bits per heavy atom. The molecule has 0 spiro atoms. The van der Waals surface area contributed by atoms with E-state index in [2.05, 4.69) is 10.6 Å². The van der Waals surface area contributed by atoms with E-state index >= 15 is 0 Å². The van der Waals surface area contributed by atoms with Gasteiger partial charge in [-0.2, -0.15) is 13.2 Å². The molecule has 0 saturated heterocycles. The highest BCUT2D eigenvalue weighted by atomic mass is 19.4. The molecule has 2 aromatic carbocycles. The SMILES string of the molecule is NC(=O)CC(CCC(F)(F)F)C(=O)NC1CN(c2cccc(C(F)F)c2)c2cccc(C(F)F)c2NC1=O. The second-order valence-corrected chi connectivity index (χ2v) is 8.62. The number of rotatable bonds is 9. The number of nitrogens with two attached hydrogens (primary N) is 1. The van der Waals surface area contributed by atoms with Crippen LogP contribution in [0.5, 0.6) is 0 Å². The number of primary amides is 1. The monoisotopic (exact) mass is 548 g/mol. The predicted molar refractivity (Wildman–Crippen MR) is 123 cm³/mol. The van der Waals surface area contributed by atoms with Gasteiger partial charge < -0.3 is 21.3 Å². The van der Waals surface area contributed by atoms with Crippen LogP contribution in [0.1, 0.15) is 43.2 Å². The molecular formula is C24H23F7N4O3. The molecule has 2 aromatic rings. The number of hydrogen-bond acceptors (Lipinski definition) is 4. The van der Waals surface area contributed by atoms with Gasteiger partial charge in [-0.15, -0.1) is 0 Å². The summed E-state index contributed by atoms with van der Waals surface area (Å²) in [4.78, 5) is 38.5. The van der Waals surface area contributed by atoms with Crippen molar-refractivity contribution >= 4 is 34.8 Å². The van der Waals surface area contributed by atoms with Crippen molar-refractivity contribution in [1.82, 2.24) is 5.32 Å². The normalized spacial score (nSPS) is 16.6. The summed E-state index contributed by atoms with van der Waals surface area (Å²) in [5.74, 6) is -4.64. The number of para-hydroxylation sites is 1. The number of benzene rings is 2. The Morgan fingerprint density at radius 2 is 1.76 bits per heavy atom. The van der Waals surface area contributed by atoms with Gasteiger partial charge in [-0.25, -0.2) is 17.6 Å². The number of fused-ring (bicyclic) bond motifs is 1. The van der Waals surface area contributed by atoms with Crippen LogP contribution < -0.4 is 21.3 Å². The summed E-state index contributed by atoms with van der Waals surface area (Å²) in [6.45, 7) is -0.452. The van der Waals surface area contributed by atoms with Crippen LogP contribution >= 0.6 is 0 Å². The van der Waals surface area contributed by atoms with Gasteiger partial charge in [-0.3, -0.25) is 14.4 Å². The van der Waals surface area contributed by atoms with Crippen LogP contribution in [0.25, 0.3) is 0 Å². The van der Waals surface area contributed by atoms with Crippen molar-refractivity contribution in [2.45, 2.75) is 44.3 Å². The van der Waals surface area contributed by atoms with Crippen LogP contribution in [-0.2, 0) is 14.4 Å². The lowest BCUT2D eigenvalue weighted by Crippen LogP contribution is -2.50. The van der Waals surface area contributed by atoms with Gasteiger partial charge in [0, 0.05) is 35.6 Å². The number of carbonyl (C=O) groups is 3. The minimum Gasteiger partial charge on any atom is -0.370 e. The van der Waals surface area contributed by atoms with Crippen molar-refractivity contribution in [3.8, 4) is 0 Å². The Bertz CT molecular complexity index is 1190. The number of amides is 3. The molecule has 4 N–H and O–H groups in total.